The van der Waals surface area contributed by atoms with Crippen molar-refractivity contribution in [3.63, 3.8) is 0 Å². The van der Waals surface area contributed by atoms with Gasteiger partial charge in [-0.3, -0.25) is 4.79 Å². The first-order chi connectivity index (χ1) is 20.1. The lowest BCUT2D eigenvalue weighted by molar-refractivity contribution is -0.142. The van der Waals surface area contributed by atoms with Gasteiger partial charge in [0.1, 0.15) is 5.75 Å². The third-order valence-corrected chi connectivity index (χ3v) is 8.67. The van der Waals surface area contributed by atoms with Crippen molar-refractivity contribution in [3.8, 4) is 28.6 Å². The van der Waals surface area contributed by atoms with Gasteiger partial charge in [-0.05, 0) is 93.1 Å². The molecule has 0 saturated carbocycles. The van der Waals surface area contributed by atoms with Gasteiger partial charge >= 0.3 is 5.97 Å². The van der Waals surface area contributed by atoms with Gasteiger partial charge in [-0.2, -0.15) is 9.78 Å². The van der Waals surface area contributed by atoms with Crippen LogP contribution in [0.4, 0.5) is 0 Å². The number of hydrogen-bond donors (Lipinski definition) is 0. The fourth-order valence-corrected chi connectivity index (χ4v) is 5.31. The van der Waals surface area contributed by atoms with E-state index in [9.17, 15) is 9.59 Å². The summed E-state index contributed by atoms with van der Waals surface area (Å²) in [6, 6.07) is 12.9. The van der Waals surface area contributed by atoms with E-state index in [0.29, 0.717) is 49.3 Å². The van der Waals surface area contributed by atoms with Gasteiger partial charge in [0, 0.05) is 15.6 Å². The molecule has 220 valence electrons. The maximum atomic E-state index is 13.8. The van der Waals surface area contributed by atoms with Crippen LogP contribution in [0.2, 0.25) is 0 Å². The number of fused-ring (bicyclic) bond motifs is 1. The molecule has 4 rings (SSSR count). The van der Waals surface area contributed by atoms with E-state index in [-0.39, 0.29) is 18.1 Å². The first-order valence-corrected chi connectivity index (χ1v) is 14.8. The molecule has 3 aromatic carbocycles. The van der Waals surface area contributed by atoms with Gasteiger partial charge in [0.05, 0.1) is 42.4 Å². The summed E-state index contributed by atoms with van der Waals surface area (Å²) in [4.78, 5) is 30.3. The molecule has 0 amide bonds. The molecule has 0 unspecified atom stereocenters. The van der Waals surface area contributed by atoms with Crippen LogP contribution in [0.25, 0.3) is 22.3 Å². The van der Waals surface area contributed by atoms with E-state index >= 15 is 0 Å². The summed E-state index contributed by atoms with van der Waals surface area (Å²) in [5.74, 6) is 1.51. The summed E-state index contributed by atoms with van der Waals surface area (Å²) >= 11 is 7.08. The smallest absolute Gasteiger partial charge is 0.343 e. The van der Waals surface area contributed by atoms with Crippen LogP contribution in [-0.4, -0.2) is 49.3 Å². The Balaban J connectivity index is 1.91. The van der Waals surface area contributed by atoms with E-state index in [0.717, 1.165) is 22.4 Å². The number of halogens is 2. The summed E-state index contributed by atoms with van der Waals surface area (Å²) in [6.45, 7) is 8.35. The minimum atomic E-state index is -0.536. The average Bonchev–Trinajstić information content (AvgIpc) is 2.97. The van der Waals surface area contributed by atoms with Crippen molar-refractivity contribution < 1.29 is 23.7 Å². The largest absolute Gasteiger partial charge is 0.494 e. The van der Waals surface area contributed by atoms with Gasteiger partial charge in [0.2, 0.25) is 0 Å². The summed E-state index contributed by atoms with van der Waals surface area (Å²) in [7, 11) is 2.77. The van der Waals surface area contributed by atoms with Gasteiger partial charge < -0.3 is 18.9 Å². The van der Waals surface area contributed by atoms with Crippen molar-refractivity contribution in [2.24, 2.45) is 5.10 Å². The minimum Gasteiger partial charge on any atom is -0.494 e. The summed E-state index contributed by atoms with van der Waals surface area (Å²) < 4.78 is 24.1. The maximum absolute atomic E-state index is 13.8. The van der Waals surface area contributed by atoms with Crippen molar-refractivity contribution in [2.45, 2.75) is 33.6 Å². The van der Waals surface area contributed by atoms with E-state index < -0.39 is 5.97 Å². The fourth-order valence-electron chi connectivity index (χ4n) is 4.37. The van der Waals surface area contributed by atoms with Gasteiger partial charge in [-0.15, -0.1) is 0 Å². The lowest BCUT2D eigenvalue weighted by Crippen LogP contribution is -2.21. The number of carbonyl (C=O) groups is 1. The zero-order chi connectivity index (χ0) is 30.6. The summed E-state index contributed by atoms with van der Waals surface area (Å²) in [5.41, 5.74) is 3.52. The van der Waals surface area contributed by atoms with Crippen molar-refractivity contribution in [3.05, 3.63) is 78.5 Å². The van der Waals surface area contributed by atoms with Crippen molar-refractivity contribution >= 4 is 54.9 Å². The summed E-state index contributed by atoms with van der Waals surface area (Å²) in [5, 5.41) is 5.08. The zero-order valence-electron chi connectivity index (χ0n) is 24.2. The monoisotopic (exact) mass is 699 g/mol. The Morgan fingerprint density at radius 2 is 1.81 bits per heavy atom. The molecule has 0 bridgehead atoms. The second-order valence-electron chi connectivity index (χ2n) is 9.60. The van der Waals surface area contributed by atoms with Crippen molar-refractivity contribution in [1.82, 2.24) is 9.66 Å². The van der Waals surface area contributed by atoms with Crippen LogP contribution in [0.3, 0.4) is 0 Å². The number of aryl methyl sites for hydroxylation is 1. The zero-order valence-corrected chi connectivity index (χ0v) is 27.3. The van der Waals surface area contributed by atoms with Crippen LogP contribution in [0, 0.1) is 6.92 Å². The molecule has 4 aromatic rings. The number of nitrogens with zero attached hydrogens (tertiary/aromatic N) is 3. The molecule has 9 nitrogen and oxygen atoms in total. The first kappa shape index (κ1) is 31.2. The maximum Gasteiger partial charge on any atom is 0.343 e. The number of ether oxygens (including phenoxy) is 4. The lowest BCUT2D eigenvalue weighted by atomic mass is 9.96. The predicted molar refractivity (Wildman–Crippen MR) is 170 cm³/mol. The number of aromatic nitrogens is 2. The lowest BCUT2D eigenvalue weighted by Gasteiger charge is -2.18. The quantitative estimate of drug-likeness (QED) is 0.132. The number of methoxy groups -OCH3 is 2. The fraction of sp³-hybridized carbons (Fsp3) is 0.290. The van der Waals surface area contributed by atoms with Gasteiger partial charge in [-0.25, -0.2) is 9.78 Å². The topological polar surface area (TPSA) is 101 Å². The minimum absolute atomic E-state index is 0.177. The number of hydrogen-bond acceptors (Lipinski definition) is 8. The molecule has 0 atom stereocenters. The molecule has 0 saturated heterocycles. The molecule has 1 heterocycles. The van der Waals surface area contributed by atoms with Crippen LogP contribution < -0.4 is 19.8 Å². The SMILES string of the molecule is CCOc1cc(C)c(-c2nc3ccccc3c(=O)n2N=Cc2cc(OC)c(OCC(=O)OC)c(Br)c2Br)cc1C(C)C. The first-order valence-electron chi connectivity index (χ1n) is 13.2. The normalized spacial score (nSPS) is 11.4. The van der Waals surface area contributed by atoms with Gasteiger partial charge in [0.25, 0.3) is 5.56 Å². The Morgan fingerprint density at radius 3 is 2.48 bits per heavy atom. The molecule has 0 N–H and O–H groups in total. The highest BCUT2D eigenvalue weighted by molar-refractivity contribution is 9.13. The Bertz CT molecular complexity index is 1730. The third-order valence-electron chi connectivity index (χ3n) is 6.52. The van der Waals surface area contributed by atoms with Crippen LogP contribution in [0.5, 0.6) is 17.2 Å². The van der Waals surface area contributed by atoms with Gasteiger partial charge in [-0.1, -0.05) is 26.0 Å². The highest BCUT2D eigenvalue weighted by Crippen LogP contribution is 2.42. The molecule has 11 heteroatoms. The van der Waals surface area contributed by atoms with Gasteiger partial charge in [0.15, 0.2) is 23.9 Å². The number of benzene rings is 3. The van der Waals surface area contributed by atoms with Crippen LogP contribution in [-0.2, 0) is 9.53 Å². The molecular formula is C31H31Br2N3O6. The number of carbonyl (C=O) groups excluding carboxylic acids is 1. The molecular weight excluding hydrogens is 670 g/mol. The van der Waals surface area contributed by atoms with Crippen LogP contribution in [0.1, 0.15) is 43.4 Å². The Labute approximate surface area is 260 Å². The molecule has 42 heavy (non-hydrogen) atoms. The standard InChI is InChI=1S/C31H31Br2N3O6/c1-7-41-24-12-18(4)22(14-21(24)17(2)3)30-35-23-11-9-8-10-20(23)31(38)36(30)34-15-19-13-25(39-5)29(28(33)27(19)32)42-16-26(37)40-6/h8-15,17H,7,16H2,1-6H3. The number of esters is 1. The third kappa shape index (κ3) is 6.37. The van der Waals surface area contributed by atoms with E-state index in [1.165, 1.54) is 25.1 Å². The van der Waals surface area contributed by atoms with Crippen molar-refractivity contribution in [2.75, 3.05) is 27.4 Å². The second-order valence-corrected chi connectivity index (χ2v) is 11.2. The van der Waals surface area contributed by atoms with Crippen LogP contribution >= 0.6 is 31.9 Å². The van der Waals surface area contributed by atoms with E-state index in [1.54, 1.807) is 18.2 Å². The van der Waals surface area contributed by atoms with Crippen LogP contribution in [0.15, 0.2) is 61.3 Å². The summed E-state index contributed by atoms with van der Waals surface area (Å²) in [6.07, 6.45) is 1.54. The number of rotatable bonds is 10. The second kappa shape index (κ2) is 13.5. The molecule has 0 spiro atoms. The van der Waals surface area contributed by atoms with E-state index in [1.807, 2.05) is 38.1 Å². The Hall–Kier alpha value is -3.70. The molecule has 1 aromatic heterocycles. The molecule has 0 aliphatic carbocycles. The van der Waals surface area contributed by atoms with E-state index in [2.05, 4.69) is 55.5 Å². The number of para-hydroxylation sites is 1. The Morgan fingerprint density at radius 1 is 1.07 bits per heavy atom. The Kier molecular flexibility index (Phi) is 10.1. The highest BCUT2D eigenvalue weighted by Gasteiger charge is 2.20. The molecule has 0 radical (unpaired) electrons. The van der Waals surface area contributed by atoms with Crippen molar-refractivity contribution in [1.29, 1.82) is 0 Å². The van der Waals surface area contributed by atoms with E-state index in [4.69, 9.17) is 19.2 Å². The predicted octanol–water partition coefficient (Wildman–Crippen LogP) is 6.86. The molecule has 0 aliphatic heterocycles. The highest BCUT2D eigenvalue weighted by atomic mass is 79.9. The average molecular weight is 701 g/mol. The molecule has 0 fully saturated rings. The molecule has 0 aliphatic rings.